The molecular weight excluding hydrogens is 401 g/mol. The van der Waals surface area contributed by atoms with Crippen molar-refractivity contribution in [1.82, 2.24) is 10.3 Å². The van der Waals surface area contributed by atoms with Crippen LogP contribution in [0.25, 0.3) is 16.5 Å². The summed E-state index contributed by atoms with van der Waals surface area (Å²) in [7, 11) is 0. The van der Waals surface area contributed by atoms with Gasteiger partial charge in [-0.25, -0.2) is 9.37 Å². The van der Waals surface area contributed by atoms with Gasteiger partial charge in [-0.3, -0.25) is 4.79 Å². The van der Waals surface area contributed by atoms with Crippen molar-refractivity contribution in [1.29, 1.82) is 0 Å². The number of hydrogen-bond donors (Lipinski definition) is 1. The molecule has 0 radical (unpaired) electrons. The van der Waals surface area contributed by atoms with Gasteiger partial charge in [0.05, 0.1) is 13.2 Å². The van der Waals surface area contributed by atoms with E-state index in [9.17, 15) is 9.18 Å². The van der Waals surface area contributed by atoms with Gasteiger partial charge < -0.3 is 15.0 Å². The Kier molecular flexibility index (Phi) is 6.51. The maximum atomic E-state index is 13.9. The van der Waals surface area contributed by atoms with E-state index in [-0.39, 0.29) is 11.7 Å². The van der Waals surface area contributed by atoms with Crippen LogP contribution >= 0.6 is 11.3 Å². The summed E-state index contributed by atoms with van der Waals surface area (Å²) in [6, 6.07) is 14.4. The van der Waals surface area contributed by atoms with Crippen LogP contribution in [0.3, 0.4) is 0 Å². The predicted octanol–water partition coefficient (Wildman–Crippen LogP) is 4.12. The van der Waals surface area contributed by atoms with Crippen molar-refractivity contribution in [2.24, 2.45) is 0 Å². The van der Waals surface area contributed by atoms with Crippen molar-refractivity contribution in [2.75, 3.05) is 31.2 Å². The SMILES string of the molecule is O=C(/C=C/c1ccc(-c2ccccc2F)s1)NCc1ccc(N2CCOCC2)nc1. The first kappa shape index (κ1) is 20.3. The van der Waals surface area contributed by atoms with Crippen molar-refractivity contribution in [2.45, 2.75) is 6.54 Å². The first-order valence-electron chi connectivity index (χ1n) is 9.77. The smallest absolute Gasteiger partial charge is 0.244 e. The highest BCUT2D eigenvalue weighted by molar-refractivity contribution is 7.16. The zero-order chi connectivity index (χ0) is 20.8. The number of aromatic nitrogens is 1. The fraction of sp³-hybridized carbons (Fsp3) is 0.217. The van der Waals surface area contributed by atoms with Crippen LogP contribution in [-0.4, -0.2) is 37.2 Å². The van der Waals surface area contributed by atoms with Gasteiger partial charge in [-0.1, -0.05) is 24.3 Å². The molecule has 5 nitrogen and oxygen atoms in total. The molecule has 154 valence electrons. The van der Waals surface area contributed by atoms with E-state index in [0.29, 0.717) is 12.1 Å². The van der Waals surface area contributed by atoms with Gasteiger partial charge in [0, 0.05) is 47.2 Å². The summed E-state index contributed by atoms with van der Waals surface area (Å²) in [4.78, 5) is 20.5. The fourth-order valence-corrected chi connectivity index (χ4v) is 4.09. The lowest BCUT2D eigenvalue weighted by Crippen LogP contribution is -2.36. The molecule has 0 atom stereocenters. The van der Waals surface area contributed by atoms with Crippen LogP contribution in [0.2, 0.25) is 0 Å². The minimum Gasteiger partial charge on any atom is -0.378 e. The molecule has 1 amide bonds. The first-order chi connectivity index (χ1) is 14.7. The summed E-state index contributed by atoms with van der Waals surface area (Å²) in [6.07, 6.45) is 5.02. The van der Waals surface area contributed by atoms with Gasteiger partial charge in [0.2, 0.25) is 5.91 Å². The normalized spacial score (nSPS) is 14.2. The highest BCUT2D eigenvalue weighted by Gasteiger charge is 2.12. The monoisotopic (exact) mass is 423 g/mol. The molecule has 1 aromatic carbocycles. The van der Waals surface area contributed by atoms with E-state index in [1.165, 1.54) is 23.5 Å². The number of anilines is 1. The van der Waals surface area contributed by atoms with Crippen LogP contribution in [0, 0.1) is 5.82 Å². The number of benzene rings is 1. The Hall–Kier alpha value is -3.03. The van der Waals surface area contributed by atoms with Crippen LogP contribution in [0.4, 0.5) is 10.2 Å². The van der Waals surface area contributed by atoms with E-state index in [2.05, 4.69) is 15.2 Å². The van der Waals surface area contributed by atoms with E-state index in [4.69, 9.17) is 4.74 Å². The number of amides is 1. The molecule has 2 aromatic heterocycles. The van der Waals surface area contributed by atoms with Gasteiger partial charge in [-0.05, 0) is 35.9 Å². The summed E-state index contributed by atoms with van der Waals surface area (Å²) in [5, 5.41) is 2.86. The number of thiophene rings is 1. The van der Waals surface area contributed by atoms with Crippen molar-refractivity contribution in [3.05, 3.63) is 77.1 Å². The number of ether oxygens (including phenoxy) is 1. The largest absolute Gasteiger partial charge is 0.378 e. The van der Waals surface area contributed by atoms with Gasteiger partial charge in [0.25, 0.3) is 0 Å². The summed E-state index contributed by atoms with van der Waals surface area (Å²) in [5.74, 6) is 0.491. The fourth-order valence-electron chi connectivity index (χ4n) is 3.15. The molecular formula is C23H22FN3O2S. The molecule has 1 fully saturated rings. The Morgan fingerprint density at radius 3 is 2.77 bits per heavy atom. The standard InChI is InChI=1S/C23H22FN3O2S/c24-20-4-2-1-3-19(20)21-8-6-18(30-21)7-10-23(28)26-16-17-5-9-22(25-15-17)27-11-13-29-14-12-27/h1-10,15H,11-14,16H2,(H,26,28)/b10-7+. The minimum atomic E-state index is -0.249. The van der Waals surface area contributed by atoms with E-state index >= 15 is 0 Å². The third-order valence-electron chi connectivity index (χ3n) is 4.78. The number of nitrogens with one attached hydrogen (secondary N) is 1. The first-order valence-corrected chi connectivity index (χ1v) is 10.6. The van der Waals surface area contributed by atoms with Crippen LogP contribution < -0.4 is 10.2 Å². The number of hydrogen-bond acceptors (Lipinski definition) is 5. The minimum absolute atomic E-state index is 0.187. The van der Waals surface area contributed by atoms with Crippen molar-refractivity contribution in [3.63, 3.8) is 0 Å². The molecule has 0 bridgehead atoms. The third kappa shape index (κ3) is 5.11. The zero-order valence-corrected chi connectivity index (χ0v) is 17.2. The van der Waals surface area contributed by atoms with Crippen molar-refractivity contribution < 1.29 is 13.9 Å². The van der Waals surface area contributed by atoms with Gasteiger partial charge >= 0.3 is 0 Å². The predicted molar refractivity (Wildman–Crippen MR) is 118 cm³/mol. The summed E-state index contributed by atoms with van der Waals surface area (Å²) >= 11 is 1.44. The molecule has 4 rings (SSSR count). The van der Waals surface area contributed by atoms with Crippen LogP contribution in [0.5, 0.6) is 0 Å². The number of nitrogens with zero attached hydrogens (tertiary/aromatic N) is 2. The van der Waals surface area contributed by atoms with Crippen molar-refractivity contribution >= 4 is 29.1 Å². The highest BCUT2D eigenvalue weighted by Crippen LogP contribution is 2.30. The van der Waals surface area contributed by atoms with E-state index in [1.54, 1.807) is 24.4 Å². The molecule has 7 heteroatoms. The molecule has 1 aliphatic heterocycles. The average molecular weight is 424 g/mol. The summed E-state index contributed by atoms with van der Waals surface area (Å²) in [5.41, 5.74) is 1.51. The molecule has 3 heterocycles. The average Bonchev–Trinajstić information content (AvgIpc) is 3.26. The molecule has 1 saturated heterocycles. The maximum Gasteiger partial charge on any atom is 0.244 e. The number of morpholine rings is 1. The van der Waals surface area contributed by atoms with Crippen LogP contribution in [-0.2, 0) is 16.1 Å². The second-order valence-corrected chi connectivity index (χ2v) is 7.97. The molecule has 0 saturated carbocycles. The maximum absolute atomic E-state index is 13.9. The van der Waals surface area contributed by atoms with Crippen LogP contribution in [0.1, 0.15) is 10.4 Å². The molecule has 0 unspecified atom stereocenters. The van der Waals surface area contributed by atoms with Gasteiger partial charge in [0.15, 0.2) is 0 Å². The van der Waals surface area contributed by atoms with E-state index < -0.39 is 0 Å². The lowest BCUT2D eigenvalue weighted by Gasteiger charge is -2.27. The third-order valence-corrected chi connectivity index (χ3v) is 5.86. The number of carbonyl (C=O) groups excluding carboxylic acids is 1. The van der Waals surface area contributed by atoms with Crippen LogP contribution in [0.15, 0.2) is 60.8 Å². The quantitative estimate of drug-likeness (QED) is 0.606. The number of pyridine rings is 1. The Balaban J connectivity index is 1.29. The lowest BCUT2D eigenvalue weighted by atomic mass is 10.2. The van der Waals surface area contributed by atoms with Crippen molar-refractivity contribution in [3.8, 4) is 10.4 Å². The second kappa shape index (κ2) is 9.65. The van der Waals surface area contributed by atoms with Gasteiger partial charge in [0.1, 0.15) is 11.6 Å². The van der Waals surface area contributed by atoms with Gasteiger partial charge in [-0.2, -0.15) is 0 Å². The van der Waals surface area contributed by atoms with E-state index in [0.717, 1.165) is 47.4 Å². The zero-order valence-electron chi connectivity index (χ0n) is 16.4. The van der Waals surface area contributed by atoms with E-state index in [1.807, 2.05) is 30.3 Å². The Morgan fingerprint density at radius 2 is 2.00 bits per heavy atom. The summed E-state index contributed by atoms with van der Waals surface area (Å²) in [6.45, 7) is 3.53. The van der Waals surface area contributed by atoms with Gasteiger partial charge in [-0.15, -0.1) is 11.3 Å². The molecule has 0 aliphatic carbocycles. The number of rotatable bonds is 6. The second-order valence-electron chi connectivity index (χ2n) is 6.86. The summed E-state index contributed by atoms with van der Waals surface area (Å²) < 4.78 is 19.3. The molecule has 30 heavy (non-hydrogen) atoms. The Bertz CT molecular complexity index is 1030. The molecule has 1 aliphatic rings. The highest BCUT2D eigenvalue weighted by atomic mass is 32.1. The topological polar surface area (TPSA) is 54.5 Å². The number of carbonyl (C=O) groups is 1. The lowest BCUT2D eigenvalue weighted by molar-refractivity contribution is -0.116. The molecule has 0 spiro atoms. The Labute approximate surface area is 178 Å². The number of halogens is 1. The molecule has 1 N–H and O–H groups in total. The Morgan fingerprint density at radius 1 is 1.17 bits per heavy atom. The molecule has 3 aromatic rings.